The highest BCUT2D eigenvalue weighted by atomic mass is 35.5. The minimum atomic E-state index is -4.56. The molecule has 0 aliphatic heterocycles. The van der Waals surface area contributed by atoms with Crippen LogP contribution in [-0.4, -0.2) is 19.7 Å². The van der Waals surface area contributed by atoms with Crippen molar-refractivity contribution in [1.82, 2.24) is 14.8 Å². The van der Waals surface area contributed by atoms with Crippen molar-refractivity contribution in [2.75, 3.05) is 0 Å². The van der Waals surface area contributed by atoms with Crippen molar-refractivity contribution in [1.29, 1.82) is 0 Å². The summed E-state index contributed by atoms with van der Waals surface area (Å²) < 4.78 is 38.1. The molecular formula is C9H4ClF3N4O2. The van der Waals surface area contributed by atoms with Crippen LogP contribution in [0.15, 0.2) is 24.7 Å². The predicted octanol–water partition coefficient (Wildman–Crippen LogP) is 2.85. The molecule has 0 aliphatic rings. The van der Waals surface area contributed by atoms with Gasteiger partial charge in [0, 0.05) is 6.20 Å². The zero-order chi connectivity index (χ0) is 14.2. The number of aromatic nitrogens is 3. The summed E-state index contributed by atoms with van der Waals surface area (Å²) in [6.07, 6.45) is -2.04. The molecule has 0 saturated carbocycles. The second kappa shape index (κ2) is 4.50. The average Bonchev–Trinajstić information content (AvgIpc) is 2.76. The van der Waals surface area contributed by atoms with Crippen LogP contribution >= 0.6 is 11.6 Å². The van der Waals surface area contributed by atoms with E-state index in [1.54, 1.807) is 0 Å². The van der Waals surface area contributed by atoms with Gasteiger partial charge in [-0.15, -0.1) is 0 Å². The molecule has 2 aromatic heterocycles. The molecule has 0 saturated heterocycles. The van der Waals surface area contributed by atoms with Gasteiger partial charge in [-0.1, -0.05) is 11.6 Å². The average molecular weight is 293 g/mol. The lowest BCUT2D eigenvalue weighted by molar-refractivity contribution is -0.384. The molecule has 2 rings (SSSR count). The van der Waals surface area contributed by atoms with Gasteiger partial charge in [0.1, 0.15) is 12.4 Å². The first kappa shape index (κ1) is 13.3. The number of halogens is 4. The van der Waals surface area contributed by atoms with Crippen LogP contribution < -0.4 is 0 Å². The van der Waals surface area contributed by atoms with Crippen molar-refractivity contribution >= 4 is 17.3 Å². The largest absolute Gasteiger partial charge is 0.417 e. The summed E-state index contributed by atoms with van der Waals surface area (Å²) >= 11 is 5.67. The lowest BCUT2D eigenvalue weighted by Crippen LogP contribution is -2.07. The SMILES string of the molecule is O=[N+]([O-])c1cnn(-c2ncc(C(F)(F)F)cc2Cl)c1. The van der Waals surface area contributed by atoms with Gasteiger partial charge >= 0.3 is 11.9 Å². The minimum absolute atomic E-state index is 0.122. The first-order valence-electron chi connectivity index (χ1n) is 4.71. The first-order chi connectivity index (χ1) is 8.79. The van der Waals surface area contributed by atoms with E-state index in [4.69, 9.17) is 11.6 Å². The number of rotatable bonds is 2. The molecule has 0 unspecified atom stereocenters. The van der Waals surface area contributed by atoms with Gasteiger partial charge in [0.05, 0.1) is 15.5 Å². The smallest absolute Gasteiger partial charge is 0.258 e. The fourth-order valence-corrected chi connectivity index (χ4v) is 1.53. The number of pyridine rings is 1. The van der Waals surface area contributed by atoms with Crippen LogP contribution in [0.25, 0.3) is 5.82 Å². The molecule has 6 nitrogen and oxygen atoms in total. The second-order valence-electron chi connectivity index (χ2n) is 3.43. The van der Waals surface area contributed by atoms with Gasteiger partial charge < -0.3 is 0 Å². The highest BCUT2D eigenvalue weighted by Crippen LogP contribution is 2.31. The van der Waals surface area contributed by atoms with Crippen molar-refractivity contribution in [3.63, 3.8) is 0 Å². The molecule has 0 amide bonds. The van der Waals surface area contributed by atoms with E-state index >= 15 is 0 Å². The predicted molar refractivity (Wildman–Crippen MR) is 58.0 cm³/mol. The maximum Gasteiger partial charge on any atom is 0.417 e. The van der Waals surface area contributed by atoms with Gasteiger partial charge in [0.2, 0.25) is 0 Å². The van der Waals surface area contributed by atoms with Crippen LogP contribution in [0.5, 0.6) is 0 Å². The first-order valence-corrected chi connectivity index (χ1v) is 5.09. The van der Waals surface area contributed by atoms with Crippen LogP contribution in [0.4, 0.5) is 18.9 Å². The number of nitro groups is 1. The van der Waals surface area contributed by atoms with Crippen molar-refractivity contribution in [3.05, 3.63) is 45.4 Å². The normalized spacial score (nSPS) is 11.6. The Morgan fingerprint density at radius 1 is 1.37 bits per heavy atom. The van der Waals surface area contributed by atoms with Gasteiger partial charge in [-0.05, 0) is 6.07 Å². The Morgan fingerprint density at radius 2 is 2.05 bits per heavy atom. The highest BCUT2D eigenvalue weighted by Gasteiger charge is 2.31. The van der Waals surface area contributed by atoms with E-state index in [-0.39, 0.29) is 16.5 Å². The molecule has 0 bridgehead atoms. The summed E-state index contributed by atoms with van der Waals surface area (Å²) in [5, 5.41) is 13.8. The molecule has 0 aliphatic carbocycles. The quantitative estimate of drug-likeness (QED) is 0.630. The molecule has 0 radical (unpaired) electrons. The number of alkyl halides is 3. The molecular weight excluding hydrogens is 289 g/mol. The van der Waals surface area contributed by atoms with E-state index in [2.05, 4.69) is 10.1 Å². The monoisotopic (exact) mass is 292 g/mol. The van der Waals surface area contributed by atoms with Crippen LogP contribution in [0, 0.1) is 10.1 Å². The third kappa shape index (κ3) is 2.65. The molecule has 19 heavy (non-hydrogen) atoms. The number of hydrogen-bond donors (Lipinski definition) is 0. The molecule has 0 atom stereocenters. The topological polar surface area (TPSA) is 73.8 Å². The van der Waals surface area contributed by atoms with E-state index in [1.807, 2.05) is 0 Å². The van der Waals surface area contributed by atoms with Gasteiger partial charge in [-0.25, -0.2) is 9.67 Å². The van der Waals surface area contributed by atoms with E-state index in [9.17, 15) is 23.3 Å². The molecule has 2 aromatic rings. The van der Waals surface area contributed by atoms with Crippen LogP contribution in [0.3, 0.4) is 0 Å². The Balaban J connectivity index is 2.43. The van der Waals surface area contributed by atoms with E-state index in [0.717, 1.165) is 17.1 Å². The van der Waals surface area contributed by atoms with Gasteiger partial charge in [-0.2, -0.15) is 18.3 Å². The fraction of sp³-hybridized carbons (Fsp3) is 0.111. The van der Waals surface area contributed by atoms with Crippen molar-refractivity contribution in [2.45, 2.75) is 6.18 Å². The van der Waals surface area contributed by atoms with Gasteiger partial charge in [-0.3, -0.25) is 10.1 Å². The maximum atomic E-state index is 12.4. The van der Waals surface area contributed by atoms with Crippen LogP contribution in [0.1, 0.15) is 5.56 Å². The summed E-state index contributed by atoms with van der Waals surface area (Å²) in [5.74, 6) is -0.122. The Labute approximate surface area is 108 Å². The lowest BCUT2D eigenvalue weighted by atomic mass is 10.3. The summed E-state index contributed by atoms with van der Waals surface area (Å²) in [5.41, 5.74) is -1.33. The molecule has 0 aromatic carbocycles. The third-order valence-corrected chi connectivity index (χ3v) is 2.42. The standard InChI is InChI=1S/C9H4ClF3N4O2/c10-7-1-5(9(11,12)13)2-14-8(7)16-4-6(3-15-16)17(18)19/h1-4H. The Morgan fingerprint density at radius 3 is 2.53 bits per heavy atom. The minimum Gasteiger partial charge on any atom is -0.258 e. The van der Waals surface area contributed by atoms with Crippen LogP contribution in [0.2, 0.25) is 5.02 Å². The molecule has 0 N–H and O–H groups in total. The molecule has 2 heterocycles. The molecule has 10 heteroatoms. The molecule has 0 fully saturated rings. The van der Waals surface area contributed by atoms with Crippen molar-refractivity contribution in [3.8, 4) is 5.82 Å². The fourth-order valence-electron chi connectivity index (χ4n) is 1.28. The summed E-state index contributed by atoms with van der Waals surface area (Å²) in [4.78, 5) is 13.3. The van der Waals surface area contributed by atoms with Crippen molar-refractivity contribution < 1.29 is 18.1 Å². The summed E-state index contributed by atoms with van der Waals surface area (Å²) in [6.45, 7) is 0. The van der Waals surface area contributed by atoms with Gasteiger partial charge in [0.25, 0.3) is 0 Å². The Hall–Kier alpha value is -2.16. The van der Waals surface area contributed by atoms with Gasteiger partial charge in [0.15, 0.2) is 5.82 Å². The Kier molecular flexibility index (Phi) is 3.14. The Bertz CT molecular complexity index is 641. The van der Waals surface area contributed by atoms with E-state index in [0.29, 0.717) is 12.3 Å². The van der Waals surface area contributed by atoms with Crippen LogP contribution in [-0.2, 0) is 6.18 Å². The molecule has 0 spiro atoms. The summed E-state index contributed by atoms with van der Waals surface area (Å²) in [6, 6.07) is 0.678. The molecule has 100 valence electrons. The summed E-state index contributed by atoms with van der Waals surface area (Å²) in [7, 11) is 0. The van der Waals surface area contributed by atoms with E-state index < -0.39 is 16.7 Å². The highest BCUT2D eigenvalue weighted by molar-refractivity contribution is 6.32. The number of hydrogen-bond acceptors (Lipinski definition) is 4. The number of nitrogens with zero attached hydrogens (tertiary/aromatic N) is 4. The zero-order valence-corrected chi connectivity index (χ0v) is 9.68. The maximum absolute atomic E-state index is 12.4. The van der Waals surface area contributed by atoms with Crippen molar-refractivity contribution in [2.24, 2.45) is 0 Å². The zero-order valence-electron chi connectivity index (χ0n) is 8.93. The second-order valence-corrected chi connectivity index (χ2v) is 3.83. The third-order valence-electron chi connectivity index (χ3n) is 2.15. The lowest BCUT2D eigenvalue weighted by Gasteiger charge is -2.08. The van der Waals surface area contributed by atoms with E-state index in [1.165, 1.54) is 0 Å².